The van der Waals surface area contributed by atoms with Crippen LogP contribution in [0.5, 0.6) is 0 Å². The molecule has 0 spiro atoms. The molecule has 0 aliphatic rings. The van der Waals surface area contributed by atoms with Gasteiger partial charge in [-0.1, -0.05) is 52.4 Å². The summed E-state index contributed by atoms with van der Waals surface area (Å²) >= 11 is 0. The van der Waals surface area contributed by atoms with Crippen molar-refractivity contribution >= 4 is 0 Å². The SMILES string of the molecule is CCCCCCCCOCCCC. The molecule has 0 rings (SSSR count). The monoisotopic (exact) mass is 186 g/mol. The van der Waals surface area contributed by atoms with Gasteiger partial charge < -0.3 is 4.74 Å². The number of rotatable bonds is 10. The van der Waals surface area contributed by atoms with Crippen molar-refractivity contribution in [3.05, 3.63) is 0 Å². The Kier molecular flexibility index (Phi) is 11.9. The zero-order valence-corrected chi connectivity index (χ0v) is 9.48. The highest BCUT2D eigenvalue weighted by Gasteiger charge is 1.90. The maximum absolute atomic E-state index is 5.48. The van der Waals surface area contributed by atoms with Gasteiger partial charge in [-0.3, -0.25) is 0 Å². The van der Waals surface area contributed by atoms with Crippen LogP contribution in [0.15, 0.2) is 0 Å². The lowest BCUT2D eigenvalue weighted by molar-refractivity contribution is 0.127. The minimum atomic E-state index is 0.964. The van der Waals surface area contributed by atoms with Gasteiger partial charge in [0.25, 0.3) is 0 Å². The predicted molar refractivity (Wildman–Crippen MR) is 59.1 cm³/mol. The van der Waals surface area contributed by atoms with Crippen molar-refractivity contribution in [3.8, 4) is 0 Å². The molecule has 0 N–H and O–H groups in total. The number of hydrogen-bond donors (Lipinski definition) is 0. The Bertz CT molecular complexity index is 71.2. The van der Waals surface area contributed by atoms with Gasteiger partial charge in [-0.25, -0.2) is 0 Å². The topological polar surface area (TPSA) is 9.23 Å². The fourth-order valence-corrected chi connectivity index (χ4v) is 1.33. The van der Waals surface area contributed by atoms with E-state index in [1.807, 2.05) is 0 Å². The van der Waals surface area contributed by atoms with Gasteiger partial charge in [-0.05, 0) is 12.8 Å². The average molecular weight is 186 g/mol. The highest BCUT2D eigenvalue weighted by Crippen LogP contribution is 2.04. The van der Waals surface area contributed by atoms with E-state index in [-0.39, 0.29) is 0 Å². The van der Waals surface area contributed by atoms with Crippen LogP contribution in [0.3, 0.4) is 0 Å². The summed E-state index contributed by atoms with van der Waals surface area (Å²) in [6.07, 6.45) is 10.6. The van der Waals surface area contributed by atoms with Crippen LogP contribution in [0.2, 0.25) is 0 Å². The molecule has 0 atom stereocenters. The average Bonchev–Trinajstić information content (AvgIpc) is 2.16. The van der Waals surface area contributed by atoms with Crippen molar-refractivity contribution in [1.82, 2.24) is 0 Å². The Labute approximate surface area is 83.9 Å². The van der Waals surface area contributed by atoms with Gasteiger partial charge in [0.05, 0.1) is 0 Å². The first-order chi connectivity index (χ1) is 6.41. The summed E-state index contributed by atoms with van der Waals surface area (Å²) in [7, 11) is 0. The van der Waals surface area contributed by atoms with Crippen LogP contribution in [0.4, 0.5) is 0 Å². The Morgan fingerprint density at radius 3 is 1.85 bits per heavy atom. The van der Waals surface area contributed by atoms with Gasteiger partial charge in [0.2, 0.25) is 0 Å². The zero-order valence-electron chi connectivity index (χ0n) is 9.48. The predicted octanol–water partition coefficient (Wildman–Crippen LogP) is 4.16. The number of hydrogen-bond acceptors (Lipinski definition) is 1. The van der Waals surface area contributed by atoms with E-state index in [0.29, 0.717) is 0 Å². The second-order valence-electron chi connectivity index (χ2n) is 3.73. The minimum absolute atomic E-state index is 0.964. The van der Waals surface area contributed by atoms with Gasteiger partial charge in [0.1, 0.15) is 0 Å². The van der Waals surface area contributed by atoms with E-state index >= 15 is 0 Å². The summed E-state index contributed by atoms with van der Waals surface area (Å²) in [6, 6.07) is 0. The smallest absolute Gasteiger partial charge is 0.0466 e. The third-order valence-corrected chi connectivity index (χ3v) is 2.28. The normalized spacial score (nSPS) is 10.6. The lowest BCUT2D eigenvalue weighted by Crippen LogP contribution is -1.96. The van der Waals surface area contributed by atoms with Crippen LogP contribution >= 0.6 is 0 Å². The maximum Gasteiger partial charge on any atom is 0.0466 e. The Morgan fingerprint density at radius 2 is 1.15 bits per heavy atom. The quantitative estimate of drug-likeness (QED) is 0.465. The molecule has 0 heterocycles. The molecule has 80 valence electrons. The first-order valence-corrected chi connectivity index (χ1v) is 5.99. The lowest BCUT2D eigenvalue weighted by atomic mass is 10.1. The second kappa shape index (κ2) is 12.0. The van der Waals surface area contributed by atoms with E-state index in [1.54, 1.807) is 0 Å². The lowest BCUT2D eigenvalue weighted by Gasteiger charge is -2.02. The van der Waals surface area contributed by atoms with Gasteiger partial charge in [0.15, 0.2) is 0 Å². The van der Waals surface area contributed by atoms with Crippen molar-refractivity contribution in [2.75, 3.05) is 13.2 Å². The third-order valence-electron chi connectivity index (χ3n) is 2.28. The minimum Gasteiger partial charge on any atom is -0.381 e. The molecular formula is C12H26O. The molecule has 0 saturated heterocycles. The summed E-state index contributed by atoms with van der Waals surface area (Å²) in [6.45, 7) is 6.40. The van der Waals surface area contributed by atoms with E-state index < -0.39 is 0 Å². The molecule has 0 unspecified atom stereocenters. The van der Waals surface area contributed by atoms with Gasteiger partial charge in [0, 0.05) is 13.2 Å². The van der Waals surface area contributed by atoms with E-state index in [4.69, 9.17) is 4.74 Å². The molecule has 0 bridgehead atoms. The number of unbranched alkanes of at least 4 members (excludes halogenated alkanes) is 6. The molecule has 0 fully saturated rings. The molecule has 0 radical (unpaired) electrons. The summed E-state index contributed by atoms with van der Waals surface area (Å²) < 4.78 is 5.48. The highest BCUT2D eigenvalue weighted by molar-refractivity contribution is 4.43. The highest BCUT2D eigenvalue weighted by atomic mass is 16.5. The molecule has 1 nitrogen and oxygen atoms in total. The molecular weight excluding hydrogens is 160 g/mol. The Morgan fingerprint density at radius 1 is 0.615 bits per heavy atom. The van der Waals surface area contributed by atoms with Crippen LogP contribution in [-0.4, -0.2) is 13.2 Å². The summed E-state index contributed by atoms with van der Waals surface area (Å²) in [5.74, 6) is 0. The van der Waals surface area contributed by atoms with E-state index in [9.17, 15) is 0 Å². The number of ether oxygens (including phenoxy) is 1. The van der Waals surface area contributed by atoms with Crippen LogP contribution in [0.1, 0.15) is 65.2 Å². The Hall–Kier alpha value is -0.0400. The van der Waals surface area contributed by atoms with Crippen LogP contribution in [0.25, 0.3) is 0 Å². The van der Waals surface area contributed by atoms with Gasteiger partial charge >= 0.3 is 0 Å². The molecule has 0 saturated carbocycles. The van der Waals surface area contributed by atoms with Crippen molar-refractivity contribution in [2.24, 2.45) is 0 Å². The molecule has 13 heavy (non-hydrogen) atoms. The fraction of sp³-hybridized carbons (Fsp3) is 1.00. The first-order valence-electron chi connectivity index (χ1n) is 5.99. The van der Waals surface area contributed by atoms with Crippen molar-refractivity contribution in [1.29, 1.82) is 0 Å². The van der Waals surface area contributed by atoms with Gasteiger partial charge in [-0.15, -0.1) is 0 Å². The molecule has 0 aliphatic heterocycles. The van der Waals surface area contributed by atoms with Crippen molar-refractivity contribution in [3.63, 3.8) is 0 Å². The van der Waals surface area contributed by atoms with Crippen LogP contribution in [-0.2, 0) is 4.74 Å². The molecule has 0 aromatic heterocycles. The summed E-state index contributed by atoms with van der Waals surface area (Å²) in [5, 5.41) is 0. The molecule has 0 aromatic carbocycles. The zero-order chi connectivity index (χ0) is 9.78. The first kappa shape index (κ1) is 13.0. The van der Waals surface area contributed by atoms with Crippen LogP contribution < -0.4 is 0 Å². The van der Waals surface area contributed by atoms with Gasteiger partial charge in [-0.2, -0.15) is 0 Å². The van der Waals surface area contributed by atoms with E-state index in [0.717, 1.165) is 13.2 Å². The largest absolute Gasteiger partial charge is 0.381 e. The van der Waals surface area contributed by atoms with E-state index in [1.165, 1.54) is 51.4 Å². The standard InChI is InChI=1S/C12H26O/c1-3-5-7-8-9-10-12-13-11-6-4-2/h3-12H2,1-2H3. The maximum atomic E-state index is 5.48. The fourth-order valence-electron chi connectivity index (χ4n) is 1.33. The van der Waals surface area contributed by atoms with Crippen molar-refractivity contribution < 1.29 is 4.74 Å². The second-order valence-corrected chi connectivity index (χ2v) is 3.73. The third kappa shape index (κ3) is 12.0. The summed E-state index contributed by atoms with van der Waals surface area (Å²) in [4.78, 5) is 0. The molecule has 0 aliphatic carbocycles. The van der Waals surface area contributed by atoms with Crippen molar-refractivity contribution in [2.45, 2.75) is 65.2 Å². The van der Waals surface area contributed by atoms with E-state index in [2.05, 4.69) is 13.8 Å². The molecule has 1 heteroatoms. The van der Waals surface area contributed by atoms with Crippen LogP contribution in [0, 0.1) is 0 Å². The Balaban J connectivity index is 2.76. The summed E-state index contributed by atoms with van der Waals surface area (Å²) in [5.41, 5.74) is 0. The molecule has 0 amide bonds. The molecule has 0 aromatic rings.